The first-order valence-corrected chi connectivity index (χ1v) is 8.80. The van der Waals surface area contributed by atoms with Crippen LogP contribution >= 0.6 is 0 Å². The van der Waals surface area contributed by atoms with Crippen molar-refractivity contribution in [3.63, 3.8) is 0 Å². The number of aromatic nitrogens is 1. The van der Waals surface area contributed by atoms with Crippen LogP contribution in [0.15, 0.2) is 66.7 Å². The van der Waals surface area contributed by atoms with Crippen molar-refractivity contribution in [2.24, 2.45) is 0 Å². The minimum Gasteiger partial charge on any atom is -0.492 e. The van der Waals surface area contributed by atoms with Crippen molar-refractivity contribution in [1.29, 1.82) is 0 Å². The Labute approximate surface area is 148 Å². The lowest BCUT2D eigenvalue weighted by molar-refractivity contribution is 0.314. The van der Waals surface area contributed by atoms with Gasteiger partial charge in [0, 0.05) is 5.39 Å². The molecular weight excluding hydrogens is 306 g/mol. The average molecular weight is 326 g/mol. The van der Waals surface area contributed by atoms with E-state index < -0.39 is 0 Å². The van der Waals surface area contributed by atoms with E-state index in [0.29, 0.717) is 6.61 Å². The molecule has 0 aliphatic rings. The van der Waals surface area contributed by atoms with Crippen molar-refractivity contribution in [2.75, 3.05) is 6.61 Å². The zero-order chi connectivity index (χ0) is 17.1. The number of hydrogen-bond acceptors (Lipinski definition) is 2. The van der Waals surface area contributed by atoms with Crippen LogP contribution in [0.1, 0.15) is 19.8 Å². The lowest BCUT2D eigenvalue weighted by Crippen LogP contribution is -2.00. The third-order valence-corrected chi connectivity index (χ3v) is 4.47. The molecule has 1 heterocycles. The molecule has 0 amide bonds. The summed E-state index contributed by atoms with van der Waals surface area (Å²) in [4.78, 5) is 4.55. The van der Waals surface area contributed by atoms with Gasteiger partial charge in [-0.25, -0.2) is 4.98 Å². The molecule has 0 saturated heterocycles. The number of hydrogen-bond donors (Lipinski definition) is 0. The maximum Gasteiger partial charge on any atom is 0.138 e. The Morgan fingerprint density at radius 1 is 0.880 bits per heavy atom. The Morgan fingerprint density at radius 3 is 2.52 bits per heavy atom. The fourth-order valence-electron chi connectivity index (χ4n) is 3.16. The van der Waals surface area contributed by atoms with Crippen LogP contribution in [0, 0.1) is 6.20 Å². The number of para-hydroxylation sites is 1. The van der Waals surface area contributed by atoms with Crippen molar-refractivity contribution >= 4 is 21.7 Å². The molecule has 0 aliphatic heterocycles. The van der Waals surface area contributed by atoms with Gasteiger partial charge in [0.15, 0.2) is 0 Å². The van der Waals surface area contributed by atoms with Crippen molar-refractivity contribution in [2.45, 2.75) is 19.8 Å². The van der Waals surface area contributed by atoms with Crippen molar-refractivity contribution in [3.05, 3.63) is 72.9 Å². The summed E-state index contributed by atoms with van der Waals surface area (Å²) in [6, 6.07) is 22.8. The van der Waals surface area contributed by atoms with Gasteiger partial charge >= 0.3 is 0 Å². The van der Waals surface area contributed by atoms with Crippen LogP contribution in [-0.4, -0.2) is 11.6 Å². The van der Waals surface area contributed by atoms with Crippen LogP contribution in [0.25, 0.3) is 32.8 Å². The molecule has 0 spiro atoms. The van der Waals surface area contributed by atoms with Crippen molar-refractivity contribution < 1.29 is 4.74 Å². The molecule has 0 unspecified atom stereocenters. The van der Waals surface area contributed by atoms with E-state index in [4.69, 9.17) is 4.74 Å². The second-order valence-electron chi connectivity index (χ2n) is 6.17. The first kappa shape index (κ1) is 15.6. The highest BCUT2D eigenvalue weighted by Crippen LogP contribution is 2.38. The minimum atomic E-state index is 0.704. The van der Waals surface area contributed by atoms with Gasteiger partial charge < -0.3 is 4.74 Å². The molecule has 0 bridgehead atoms. The molecule has 0 N–H and O–H groups in total. The lowest BCUT2D eigenvalue weighted by Gasteiger charge is -2.15. The maximum atomic E-state index is 6.22. The molecule has 0 fully saturated rings. The highest BCUT2D eigenvalue weighted by Gasteiger charge is 2.14. The SMILES string of the molecule is CCCCOc1c(-c2cccc3ccccc23)[c]nc2ccccc12. The van der Waals surface area contributed by atoms with Gasteiger partial charge in [-0.3, -0.25) is 0 Å². The second kappa shape index (κ2) is 6.94. The Balaban J connectivity index is 1.95. The molecule has 3 aromatic carbocycles. The number of unbranched alkanes of at least 4 members (excludes halogenated alkanes) is 1. The number of ether oxygens (including phenoxy) is 1. The molecule has 4 aromatic rings. The monoisotopic (exact) mass is 326 g/mol. The summed E-state index contributed by atoms with van der Waals surface area (Å²) in [7, 11) is 0. The van der Waals surface area contributed by atoms with E-state index >= 15 is 0 Å². The molecule has 123 valence electrons. The molecule has 1 radical (unpaired) electrons. The summed E-state index contributed by atoms with van der Waals surface area (Å²) in [5.74, 6) is 0.885. The van der Waals surface area contributed by atoms with Gasteiger partial charge in [0.2, 0.25) is 0 Å². The quantitative estimate of drug-likeness (QED) is 0.417. The van der Waals surface area contributed by atoms with Gasteiger partial charge in [-0.2, -0.15) is 0 Å². The van der Waals surface area contributed by atoms with E-state index in [1.54, 1.807) is 0 Å². The predicted molar refractivity (Wildman–Crippen MR) is 104 cm³/mol. The highest BCUT2D eigenvalue weighted by atomic mass is 16.5. The number of rotatable bonds is 5. The Kier molecular flexibility index (Phi) is 4.34. The number of pyridine rings is 1. The van der Waals surface area contributed by atoms with Gasteiger partial charge in [0.05, 0.1) is 17.7 Å². The number of nitrogens with zero attached hydrogens (tertiary/aromatic N) is 1. The van der Waals surface area contributed by atoms with E-state index in [0.717, 1.165) is 40.6 Å². The zero-order valence-corrected chi connectivity index (χ0v) is 14.3. The van der Waals surface area contributed by atoms with Gasteiger partial charge in [-0.1, -0.05) is 67.9 Å². The first-order valence-electron chi connectivity index (χ1n) is 8.80. The van der Waals surface area contributed by atoms with E-state index in [1.807, 2.05) is 18.2 Å². The Morgan fingerprint density at radius 2 is 1.64 bits per heavy atom. The van der Waals surface area contributed by atoms with Gasteiger partial charge in [-0.15, -0.1) is 0 Å². The molecule has 25 heavy (non-hydrogen) atoms. The summed E-state index contributed by atoms with van der Waals surface area (Å²) in [6.45, 7) is 2.88. The van der Waals surface area contributed by atoms with Crippen LogP contribution in [0.3, 0.4) is 0 Å². The number of benzene rings is 3. The topological polar surface area (TPSA) is 22.1 Å². The molecular formula is C23H20NO. The summed E-state index contributed by atoms with van der Waals surface area (Å²) in [5, 5.41) is 3.44. The zero-order valence-electron chi connectivity index (χ0n) is 14.3. The van der Waals surface area contributed by atoms with E-state index in [-0.39, 0.29) is 0 Å². The van der Waals surface area contributed by atoms with Crippen molar-refractivity contribution in [3.8, 4) is 16.9 Å². The first-order chi connectivity index (χ1) is 12.4. The normalized spacial score (nSPS) is 11.1. The summed E-state index contributed by atoms with van der Waals surface area (Å²) in [5.41, 5.74) is 2.97. The molecule has 4 rings (SSSR count). The second-order valence-corrected chi connectivity index (χ2v) is 6.17. The van der Waals surface area contributed by atoms with Gasteiger partial charge in [0.1, 0.15) is 11.9 Å². The van der Waals surface area contributed by atoms with E-state index in [1.165, 1.54) is 10.8 Å². The predicted octanol–water partition coefficient (Wildman–Crippen LogP) is 6.03. The molecule has 0 aliphatic carbocycles. The average Bonchev–Trinajstić information content (AvgIpc) is 2.68. The Bertz CT molecular complexity index is 1020. The van der Waals surface area contributed by atoms with Crippen LogP contribution in [-0.2, 0) is 0 Å². The lowest BCUT2D eigenvalue weighted by atomic mass is 9.97. The van der Waals surface area contributed by atoms with Crippen LogP contribution < -0.4 is 4.74 Å². The summed E-state index contributed by atoms with van der Waals surface area (Å²) in [6.07, 6.45) is 5.38. The van der Waals surface area contributed by atoms with Crippen LogP contribution in [0.4, 0.5) is 0 Å². The fraction of sp³-hybridized carbons (Fsp3) is 0.174. The van der Waals surface area contributed by atoms with E-state index in [2.05, 4.69) is 66.6 Å². The van der Waals surface area contributed by atoms with Crippen LogP contribution in [0.5, 0.6) is 5.75 Å². The molecule has 1 aromatic heterocycles. The summed E-state index contributed by atoms with van der Waals surface area (Å²) < 4.78 is 6.22. The van der Waals surface area contributed by atoms with Gasteiger partial charge in [-0.05, 0) is 34.9 Å². The third-order valence-electron chi connectivity index (χ3n) is 4.47. The summed E-state index contributed by atoms with van der Waals surface area (Å²) >= 11 is 0. The fourth-order valence-corrected chi connectivity index (χ4v) is 3.16. The smallest absolute Gasteiger partial charge is 0.138 e. The van der Waals surface area contributed by atoms with Crippen molar-refractivity contribution in [1.82, 2.24) is 4.98 Å². The van der Waals surface area contributed by atoms with E-state index in [9.17, 15) is 0 Å². The molecule has 0 atom stereocenters. The van der Waals surface area contributed by atoms with Gasteiger partial charge in [0.25, 0.3) is 0 Å². The largest absolute Gasteiger partial charge is 0.492 e. The third kappa shape index (κ3) is 2.96. The standard InChI is InChI=1S/C23H20NO/c1-2-3-15-25-23-20-12-6-7-14-22(20)24-16-21(23)19-13-8-10-17-9-4-5-11-18(17)19/h4-14H,2-3,15H2,1H3. The highest BCUT2D eigenvalue weighted by molar-refractivity contribution is 6.01. The molecule has 2 nitrogen and oxygen atoms in total. The molecule has 2 heteroatoms. The maximum absolute atomic E-state index is 6.22. The number of fused-ring (bicyclic) bond motifs is 2. The minimum absolute atomic E-state index is 0.704. The molecule has 0 saturated carbocycles. The van der Waals surface area contributed by atoms with Crippen LogP contribution in [0.2, 0.25) is 0 Å². The Hall–Kier alpha value is -2.87.